The molecule has 280 valence electrons. The summed E-state index contributed by atoms with van der Waals surface area (Å²) in [5.41, 5.74) is 6.41. The number of aryl methyl sites for hydroxylation is 1. The molecule has 1 unspecified atom stereocenters. The molecule has 2 N–H and O–H groups in total. The van der Waals surface area contributed by atoms with Crippen molar-refractivity contribution in [2.24, 2.45) is 0 Å². The third kappa shape index (κ3) is 14.8. The number of ether oxygens (including phenoxy) is 3. The van der Waals surface area contributed by atoms with Gasteiger partial charge in [-0.1, -0.05) is 144 Å². The highest BCUT2D eigenvalue weighted by atomic mass is 16.5. The molecule has 0 aliphatic heterocycles. The maximum absolute atomic E-state index is 12.9. The quantitative estimate of drug-likeness (QED) is 0.0636. The average molecular weight is 707 g/mol. The fourth-order valence-corrected chi connectivity index (χ4v) is 6.36. The van der Waals surface area contributed by atoms with Crippen LogP contribution >= 0.6 is 0 Å². The minimum absolute atomic E-state index is 0.0659. The van der Waals surface area contributed by atoms with Crippen molar-refractivity contribution in [3.8, 4) is 11.5 Å². The van der Waals surface area contributed by atoms with Crippen LogP contribution < -0.4 is 20.1 Å². The summed E-state index contributed by atoms with van der Waals surface area (Å²) in [6, 6.07) is 33.1. The Morgan fingerprint density at radius 1 is 0.635 bits per heavy atom. The van der Waals surface area contributed by atoms with E-state index >= 15 is 0 Å². The molecule has 0 heterocycles. The van der Waals surface area contributed by atoms with E-state index in [4.69, 9.17) is 14.2 Å². The average Bonchev–Trinajstić information content (AvgIpc) is 3.17. The van der Waals surface area contributed by atoms with Crippen LogP contribution in [0.2, 0.25) is 0 Å². The fourth-order valence-electron chi connectivity index (χ4n) is 6.36. The number of unbranched alkanes of at least 4 members (excludes halogenated alkanes) is 10. The van der Waals surface area contributed by atoms with E-state index < -0.39 is 0 Å². The number of nitrogens with one attached hydrogen (secondary N) is 2. The molecule has 6 heteroatoms. The number of rotatable bonds is 26. The van der Waals surface area contributed by atoms with E-state index in [2.05, 4.69) is 85.1 Å². The molecule has 0 radical (unpaired) electrons. The standard InChI is InChI=1S/C46H62N2O4/c1-4-5-6-7-8-9-10-11-12-13-20-30-52-44-35-42(34-37(2)38(44)3)46(49)47-29-31-50-32-33-51-43-27-25-41(26-28-43)45(40-23-18-15-19-24-40)48-36-39-21-16-14-17-22-39/h14-19,21-28,34-35,45,48H,4-13,20,29-33,36H2,1-3H3,(H,47,49). The molecule has 4 aromatic rings. The van der Waals surface area contributed by atoms with Crippen LogP contribution in [0, 0.1) is 13.8 Å². The first-order chi connectivity index (χ1) is 25.5. The molecule has 6 nitrogen and oxygen atoms in total. The van der Waals surface area contributed by atoms with Gasteiger partial charge in [0.25, 0.3) is 5.91 Å². The highest BCUT2D eigenvalue weighted by molar-refractivity contribution is 5.95. The second-order valence-corrected chi connectivity index (χ2v) is 13.8. The Morgan fingerprint density at radius 3 is 1.92 bits per heavy atom. The van der Waals surface area contributed by atoms with Crippen LogP contribution in [0.3, 0.4) is 0 Å². The van der Waals surface area contributed by atoms with Crippen molar-refractivity contribution in [2.75, 3.05) is 33.0 Å². The molecule has 0 saturated carbocycles. The van der Waals surface area contributed by atoms with Gasteiger partial charge in [-0.25, -0.2) is 0 Å². The minimum Gasteiger partial charge on any atom is -0.493 e. The molecule has 0 aliphatic rings. The molecule has 0 bridgehead atoms. The van der Waals surface area contributed by atoms with Crippen molar-refractivity contribution >= 4 is 5.91 Å². The summed E-state index contributed by atoms with van der Waals surface area (Å²) in [5, 5.41) is 6.69. The summed E-state index contributed by atoms with van der Waals surface area (Å²) in [7, 11) is 0. The Labute approximate surface area is 313 Å². The molecule has 1 amide bonds. The lowest BCUT2D eigenvalue weighted by Crippen LogP contribution is -2.28. The highest BCUT2D eigenvalue weighted by Gasteiger charge is 2.14. The van der Waals surface area contributed by atoms with Gasteiger partial charge in [0.15, 0.2) is 0 Å². The van der Waals surface area contributed by atoms with Gasteiger partial charge >= 0.3 is 0 Å². The summed E-state index contributed by atoms with van der Waals surface area (Å²) in [5.74, 6) is 1.49. The summed E-state index contributed by atoms with van der Waals surface area (Å²) in [4.78, 5) is 12.9. The van der Waals surface area contributed by atoms with E-state index in [0.717, 1.165) is 35.6 Å². The van der Waals surface area contributed by atoms with Gasteiger partial charge < -0.3 is 24.8 Å². The predicted octanol–water partition coefficient (Wildman–Crippen LogP) is 10.7. The van der Waals surface area contributed by atoms with Crippen molar-refractivity contribution < 1.29 is 19.0 Å². The smallest absolute Gasteiger partial charge is 0.251 e. The second kappa shape index (κ2) is 24.2. The Hall–Kier alpha value is -4.13. The monoisotopic (exact) mass is 706 g/mol. The van der Waals surface area contributed by atoms with Gasteiger partial charge in [0.1, 0.15) is 18.1 Å². The molecule has 1 atom stereocenters. The van der Waals surface area contributed by atoms with Crippen molar-refractivity contribution in [3.05, 3.63) is 130 Å². The van der Waals surface area contributed by atoms with Crippen molar-refractivity contribution in [1.29, 1.82) is 0 Å². The fraction of sp³-hybridized carbons (Fsp3) is 0.457. The number of amides is 1. The van der Waals surface area contributed by atoms with E-state index in [9.17, 15) is 4.79 Å². The Morgan fingerprint density at radius 2 is 1.25 bits per heavy atom. The van der Waals surface area contributed by atoms with Crippen molar-refractivity contribution in [3.63, 3.8) is 0 Å². The maximum atomic E-state index is 12.9. The van der Waals surface area contributed by atoms with Crippen LogP contribution in [0.25, 0.3) is 0 Å². The Balaban J connectivity index is 1.10. The predicted molar refractivity (Wildman–Crippen MR) is 215 cm³/mol. The summed E-state index contributed by atoms with van der Waals surface area (Å²) < 4.78 is 17.8. The molecule has 52 heavy (non-hydrogen) atoms. The topological polar surface area (TPSA) is 68.8 Å². The van der Waals surface area contributed by atoms with Crippen LogP contribution in [0.1, 0.15) is 122 Å². The number of carbonyl (C=O) groups excluding carboxylic acids is 1. The normalized spacial score (nSPS) is 11.7. The molecule has 0 aliphatic carbocycles. The van der Waals surface area contributed by atoms with Crippen LogP contribution in [0.4, 0.5) is 0 Å². The zero-order chi connectivity index (χ0) is 36.6. The lowest BCUT2D eigenvalue weighted by atomic mass is 9.98. The zero-order valence-electron chi connectivity index (χ0n) is 32.0. The number of carbonyl (C=O) groups is 1. The minimum atomic E-state index is -0.116. The summed E-state index contributed by atoms with van der Waals surface area (Å²) in [6.07, 6.45) is 14.4. The van der Waals surface area contributed by atoms with Crippen molar-refractivity contribution in [1.82, 2.24) is 10.6 Å². The molecule has 0 aromatic heterocycles. The van der Waals surface area contributed by atoms with E-state index in [1.807, 2.05) is 43.3 Å². The van der Waals surface area contributed by atoms with Crippen LogP contribution in [0.5, 0.6) is 11.5 Å². The first-order valence-electron chi connectivity index (χ1n) is 19.7. The Kier molecular flexibility index (Phi) is 18.9. The van der Waals surface area contributed by atoms with Crippen molar-refractivity contribution in [2.45, 2.75) is 104 Å². The van der Waals surface area contributed by atoms with Crippen LogP contribution in [0.15, 0.2) is 97.1 Å². The number of hydrogen-bond acceptors (Lipinski definition) is 5. The molecule has 4 rings (SSSR count). The molecular weight excluding hydrogens is 645 g/mol. The van der Waals surface area contributed by atoms with Gasteiger partial charge in [0.05, 0.1) is 25.9 Å². The summed E-state index contributed by atoms with van der Waals surface area (Å²) >= 11 is 0. The van der Waals surface area contributed by atoms with E-state index in [-0.39, 0.29) is 11.9 Å². The van der Waals surface area contributed by atoms with Crippen LogP contribution in [-0.4, -0.2) is 38.9 Å². The van der Waals surface area contributed by atoms with Gasteiger partial charge in [-0.05, 0) is 72.4 Å². The molecule has 0 spiro atoms. The molecule has 0 saturated heterocycles. The van der Waals surface area contributed by atoms with E-state index in [0.29, 0.717) is 38.5 Å². The third-order valence-corrected chi connectivity index (χ3v) is 9.62. The van der Waals surface area contributed by atoms with Gasteiger partial charge in [-0.2, -0.15) is 0 Å². The first-order valence-corrected chi connectivity index (χ1v) is 19.7. The maximum Gasteiger partial charge on any atom is 0.251 e. The lowest BCUT2D eigenvalue weighted by molar-refractivity contribution is 0.0866. The highest BCUT2D eigenvalue weighted by Crippen LogP contribution is 2.26. The van der Waals surface area contributed by atoms with E-state index in [1.165, 1.54) is 80.9 Å². The van der Waals surface area contributed by atoms with Gasteiger partial charge in [-0.15, -0.1) is 0 Å². The van der Waals surface area contributed by atoms with Crippen LogP contribution in [-0.2, 0) is 11.3 Å². The largest absolute Gasteiger partial charge is 0.493 e. The lowest BCUT2D eigenvalue weighted by Gasteiger charge is -2.20. The SMILES string of the molecule is CCCCCCCCCCCCCOc1cc(C(=O)NCCOCCOc2ccc(C(NCc3ccccc3)c3ccccc3)cc2)cc(C)c1C. The van der Waals surface area contributed by atoms with Gasteiger partial charge in [0.2, 0.25) is 0 Å². The van der Waals surface area contributed by atoms with Gasteiger partial charge in [-0.3, -0.25) is 4.79 Å². The van der Waals surface area contributed by atoms with E-state index in [1.54, 1.807) is 0 Å². The Bertz CT molecular complexity index is 1540. The third-order valence-electron chi connectivity index (χ3n) is 9.62. The zero-order valence-corrected chi connectivity index (χ0v) is 32.0. The second-order valence-electron chi connectivity index (χ2n) is 13.8. The summed E-state index contributed by atoms with van der Waals surface area (Å²) in [6.45, 7) is 9.51. The number of benzene rings is 4. The number of hydrogen-bond donors (Lipinski definition) is 2. The molecule has 4 aromatic carbocycles. The first kappa shape index (κ1) is 40.6. The van der Waals surface area contributed by atoms with Gasteiger partial charge in [0, 0.05) is 18.7 Å². The molecule has 0 fully saturated rings. The molecular formula is C46H62N2O4.